The topological polar surface area (TPSA) is 47.3 Å². The summed E-state index contributed by atoms with van der Waals surface area (Å²) in [5, 5.41) is 0. The smallest absolute Gasteiger partial charge is 0.169 e. The maximum Gasteiger partial charge on any atom is 0.169 e. The Morgan fingerprint density at radius 3 is 2.57 bits per heavy atom. The van der Waals surface area contributed by atoms with Gasteiger partial charge in [0, 0.05) is 5.56 Å². The Hall–Kier alpha value is -1.91. The largest absolute Gasteiger partial charge is 0.494 e. The van der Waals surface area contributed by atoms with E-state index in [0.717, 1.165) is 5.56 Å². The van der Waals surface area contributed by atoms with Gasteiger partial charge in [0.1, 0.15) is 0 Å². The minimum atomic E-state index is -0.369. The van der Waals surface area contributed by atoms with Gasteiger partial charge in [0.05, 0.1) is 13.2 Å². The first-order chi connectivity index (χ1) is 10.1. The molecule has 1 atom stereocenters. The second-order valence-corrected chi connectivity index (χ2v) is 5.21. The Balaban J connectivity index is 2.29. The van der Waals surface area contributed by atoms with Crippen LogP contribution in [-0.2, 0) is 6.42 Å². The first-order valence-electron chi connectivity index (χ1n) is 6.91. The van der Waals surface area contributed by atoms with Crippen LogP contribution < -0.4 is 16.0 Å². The van der Waals surface area contributed by atoms with E-state index in [4.69, 9.17) is 10.6 Å². The van der Waals surface area contributed by atoms with Crippen molar-refractivity contribution in [3.8, 4) is 5.75 Å². The summed E-state index contributed by atoms with van der Waals surface area (Å²) < 4.78 is 19.4. The van der Waals surface area contributed by atoms with Crippen molar-refractivity contribution in [3.05, 3.63) is 64.5 Å². The van der Waals surface area contributed by atoms with Crippen molar-refractivity contribution >= 4 is 0 Å². The van der Waals surface area contributed by atoms with Crippen LogP contribution in [0.2, 0.25) is 0 Å². The molecular weight excluding hydrogens is 267 g/mol. The number of benzene rings is 2. The highest BCUT2D eigenvalue weighted by Crippen LogP contribution is 2.27. The number of rotatable bonds is 5. The normalized spacial score (nSPS) is 12.2. The molecule has 2 aromatic rings. The first-order valence-corrected chi connectivity index (χ1v) is 6.91. The molecule has 0 spiro atoms. The summed E-state index contributed by atoms with van der Waals surface area (Å²) in [5.41, 5.74) is 6.78. The van der Waals surface area contributed by atoms with Gasteiger partial charge < -0.3 is 4.74 Å². The van der Waals surface area contributed by atoms with Crippen LogP contribution in [0.25, 0.3) is 0 Å². The molecule has 21 heavy (non-hydrogen) atoms. The molecule has 1 unspecified atom stereocenters. The average molecular weight is 288 g/mol. The molecule has 0 heterocycles. The van der Waals surface area contributed by atoms with E-state index in [-0.39, 0.29) is 17.6 Å². The van der Waals surface area contributed by atoms with Crippen molar-refractivity contribution in [2.24, 2.45) is 5.84 Å². The maximum absolute atomic E-state index is 14.3. The van der Waals surface area contributed by atoms with Crippen LogP contribution in [0.15, 0.2) is 36.4 Å². The number of methoxy groups -OCH3 is 1. The molecule has 0 aromatic heterocycles. The number of aryl methyl sites for hydroxylation is 2. The number of hydrazine groups is 1. The lowest BCUT2D eigenvalue weighted by molar-refractivity contribution is 0.379. The zero-order valence-electron chi connectivity index (χ0n) is 12.6. The molecule has 3 nitrogen and oxygen atoms in total. The molecule has 3 N–H and O–H groups in total. The molecule has 0 bridgehead atoms. The Bertz CT molecular complexity index is 628. The number of hydrogen-bond acceptors (Lipinski definition) is 3. The van der Waals surface area contributed by atoms with E-state index in [1.807, 2.05) is 6.07 Å². The van der Waals surface area contributed by atoms with E-state index in [0.29, 0.717) is 12.0 Å². The molecule has 0 saturated carbocycles. The lowest BCUT2D eigenvalue weighted by atomic mass is 9.96. The van der Waals surface area contributed by atoms with E-state index in [1.165, 1.54) is 18.2 Å². The highest BCUT2D eigenvalue weighted by atomic mass is 19.1. The summed E-state index contributed by atoms with van der Waals surface area (Å²) in [7, 11) is 1.45. The molecule has 0 aliphatic heterocycles. The zero-order valence-corrected chi connectivity index (χ0v) is 12.6. The van der Waals surface area contributed by atoms with Crippen LogP contribution in [0.3, 0.4) is 0 Å². The van der Waals surface area contributed by atoms with Crippen LogP contribution in [0.4, 0.5) is 4.39 Å². The predicted molar refractivity (Wildman–Crippen MR) is 82.6 cm³/mol. The Labute approximate surface area is 124 Å². The highest BCUT2D eigenvalue weighted by molar-refractivity contribution is 5.35. The fourth-order valence-electron chi connectivity index (χ4n) is 2.38. The van der Waals surface area contributed by atoms with Crippen LogP contribution in [0, 0.1) is 19.7 Å². The van der Waals surface area contributed by atoms with Gasteiger partial charge in [-0.15, -0.1) is 0 Å². The van der Waals surface area contributed by atoms with Crippen molar-refractivity contribution in [2.75, 3.05) is 7.11 Å². The van der Waals surface area contributed by atoms with E-state index in [2.05, 4.69) is 31.4 Å². The molecule has 2 rings (SSSR count). The molecule has 0 radical (unpaired) electrons. The van der Waals surface area contributed by atoms with Crippen molar-refractivity contribution < 1.29 is 9.13 Å². The van der Waals surface area contributed by atoms with E-state index >= 15 is 0 Å². The molecular formula is C17H21FN2O. The number of halogens is 1. The molecule has 0 fully saturated rings. The van der Waals surface area contributed by atoms with Gasteiger partial charge in [-0.3, -0.25) is 11.3 Å². The van der Waals surface area contributed by atoms with E-state index in [1.54, 1.807) is 18.2 Å². The minimum Gasteiger partial charge on any atom is -0.494 e. The summed E-state index contributed by atoms with van der Waals surface area (Å²) in [6.07, 6.45) is 0.613. The Morgan fingerprint density at radius 2 is 1.95 bits per heavy atom. The van der Waals surface area contributed by atoms with Gasteiger partial charge in [-0.05, 0) is 43.0 Å². The third-order valence-corrected chi connectivity index (χ3v) is 3.80. The van der Waals surface area contributed by atoms with Crippen LogP contribution in [0.1, 0.15) is 28.3 Å². The molecule has 2 aromatic carbocycles. The molecule has 0 aliphatic carbocycles. The number of hydrogen-bond donors (Lipinski definition) is 2. The van der Waals surface area contributed by atoms with Crippen molar-refractivity contribution in [1.29, 1.82) is 0 Å². The average Bonchev–Trinajstić information content (AvgIpc) is 2.49. The third kappa shape index (κ3) is 3.40. The summed E-state index contributed by atoms with van der Waals surface area (Å²) in [6.45, 7) is 4.13. The summed E-state index contributed by atoms with van der Waals surface area (Å²) in [6, 6.07) is 11.0. The van der Waals surface area contributed by atoms with Gasteiger partial charge in [-0.1, -0.05) is 30.3 Å². The maximum atomic E-state index is 14.3. The van der Waals surface area contributed by atoms with Crippen molar-refractivity contribution in [2.45, 2.75) is 26.3 Å². The highest BCUT2D eigenvalue weighted by Gasteiger charge is 2.18. The third-order valence-electron chi connectivity index (χ3n) is 3.80. The molecule has 0 saturated heterocycles. The first kappa shape index (κ1) is 15.5. The molecule has 4 heteroatoms. The van der Waals surface area contributed by atoms with Gasteiger partial charge in [0.2, 0.25) is 0 Å². The van der Waals surface area contributed by atoms with E-state index in [9.17, 15) is 4.39 Å². The van der Waals surface area contributed by atoms with Gasteiger partial charge in [-0.25, -0.2) is 4.39 Å². The summed E-state index contributed by atoms with van der Waals surface area (Å²) >= 11 is 0. The van der Waals surface area contributed by atoms with Crippen molar-refractivity contribution in [1.82, 2.24) is 5.43 Å². The monoisotopic (exact) mass is 288 g/mol. The molecule has 0 aliphatic rings. The SMILES string of the molecule is COc1cccc(C(Cc2ccc(C)c(C)c2)NN)c1F. The quantitative estimate of drug-likeness (QED) is 0.656. The lowest BCUT2D eigenvalue weighted by Gasteiger charge is -2.19. The van der Waals surface area contributed by atoms with E-state index < -0.39 is 0 Å². The van der Waals surface area contributed by atoms with Crippen LogP contribution >= 0.6 is 0 Å². The van der Waals surface area contributed by atoms with Crippen LogP contribution in [0.5, 0.6) is 5.75 Å². The molecule has 112 valence electrons. The number of nitrogens with two attached hydrogens (primary N) is 1. The predicted octanol–water partition coefficient (Wildman–Crippen LogP) is 3.20. The zero-order chi connectivity index (χ0) is 15.4. The fraction of sp³-hybridized carbons (Fsp3) is 0.294. The van der Waals surface area contributed by atoms with Crippen molar-refractivity contribution in [3.63, 3.8) is 0 Å². The van der Waals surface area contributed by atoms with Gasteiger partial charge in [0.25, 0.3) is 0 Å². The second-order valence-electron chi connectivity index (χ2n) is 5.21. The Morgan fingerprint density at radius 1 is 1.19 bits per heavy atom. The summed E-state index contributed by atoms with van der Waals surface area (Å²) in [4.78, 5) is 0. The van der Waals surface area contributed by atoms with Gasteiger partial charge in [0.15, 0.2) is 11.6 Å². The fourth-order valence-corrected chi connectivity index (χ4v) is 2.38. The Kier molecular flexibility index (Phi) is 4.94. The lowest BCUT2D eigenvalue weighted by Crippen LogP contribution is -2.30. The van der Waals surface area contributed by atoms with Gasteiger partial charge >= 0.3 is 0 Å². The number of ether oxygens (including phenoxy) is 1. The number of nitrogens with one attached hydrogen (secondary N) is 1. The van der Waals surface area contributed by atoms with Crippen LogP contribution in [-0.4, -0.2) is 7.11 Å². The second kappa shape index (κ2) is 6.70. The minimum absolute atomic E-state index is 0.229. The standard InChI is InChI=1S/C17H21FN2O/c1-11-7-8-13(9-12(11)2)10-15(20-19)14-5-4-6-16(21-3)17(14)18/h4-9,15,20H,10,19H2,1-3H3. The molecule has 0 amide bonds. The van der Waals surface area contributed by atoms with Gasteiger partial charge in [-0.2, -0.15) is 0 Å². The summed E-state index contributed by atoms with van der Waals surface area (Å²) in [5.74, 6) is 5.48.